The molecule has 2 N–H and O–H groups in total. The summed E-state index contributed by atoms with van der Waals surface area (Å²) in [5.74, 6) is 0.687. The van der Waals surface area contributed by atoms with E-state index in [4.69, 9.17) is 10.5 Å². The van der Waals surface area contributed by atoms with Crippen molar-refractivity contribution < 1.29 is 4.74 Å². The van der Waals surface area contributed by atoms with Gasteiger partial charge in [0.25, 0.3) is 0 Å². The summed E-state index contributed by atoms with van der Waals surface area (Å²) in [6, 6.07) is 0.218. The van der Waals surface area contributed by atoms with E-state index in [1.165, 1.54) is 0 Å². The van der Waals surface area contributed by atoms with Crippen LogP contribution >= 0.6 is 0 Å². The van der Waals surface area contributed by atoms with Crippen LogP contribution in [0.3, 0.4) is 0 Å². The molecule has 104 valence electrons. The average molecular weight is 245 g/mol. The van der Waals surface area contributed by atoms with Crippen molar-refractivity contribution in [2.45, 2.75) is 26.3 Å². The largest absolute Gasteiger partial charge is 0.385 e. The Kier molecular flexibility index (Phi) is 9.74. The van der Waals surface area contributed by atoms with E-state index in [0.29, 0.717) is 5.92 Å². The van der Waals surface area contributed by atoms with Crippen LogP contribution in [0.25, 0.3) is 0 Å². The Morgan fingerprint density at radius 3 is 2.24 bits per heavy atom. The average Bonchev–Trinajstić information content (AvgIpc) is 2.22. The van der Waals surface area contributed by atoms with E-state index in [-0.39, 0.29) is 6.04 Å². The van der Waals surface area contributed by atoms with Gasteiger partial charge in [0.1, 0.15) is 0 Å². The molecular weight excluding hydrogens is 214 g/mol. The standard InChI is InChI=1S/C13H31N3O/c1-12(2)10-16(8-7-15(3)4)11-13(14)6-9-17-5/h12-13H,6-11,14H2,1-5H3. The molecule has 0 radical (unpaired) electrons. The predicted molar refractivity (Wildman–Crippen MR) is 74.3 cm³/mol. The van der Waals surface area contributed by atoms with Gasteiger partial charge < -0.3 is 20.3 Å². The van der Waals surface area contributed by atoms with Gasteiger partial charge >= 0.3 is 0 Å². The van der Waals surface area contributed by atoms with E-state index in [2.05, 4.69) is 37.7 Å². The van der Waals surface area contributed by atoms with Gasteiger partial charge in [0.15, 0.2) is 0 Å². The fourth-order valence-corrected chi connectivity index (χ4v) is 1.81. The third-order valence-corrected chi connectivity index (χ3v) is 2.67. The second-order valence-electron chi connectivity index (χ2n) is 5.50. The Labute approximate surface area is 107 Å². The van der Waals surface area contributed by atoms with Gasteiger partial charge in [-0.2, -0.15) is 0 Å². The number of ether oxygens (including phenoxy) is 1. The summed E-state index contributed by atoms with van der Waals surface area (Å²) < 4.78 is 5.07. The van der Waals surface area contributed by atoms with Crippen LogP contribution in [0.2, 0.25) is 0 Å². The zero-order valence-electron chi connectivity index (χ0n) is 12.3. The lowest BCUT2D eigenvalue weighted by atomic mass is 10.1. The van der Waals surface area contributed by atoms with Crippen LogP contribution in [0.4, 0.5) is 0 Å². The molecule has 0 saturated carbocycles. The fraction of sp³-hybridized carbons (Fsp3) is 1.00. The van der Waals surface area contributed by atoms with Gasteiger partial charge in [-0.15, -0.1) is 0 Å². The zero-order chi connectivity index (χ0) is 13.3. The smallest absolute Gasteiger partial charge is 0.0477 e. The molecule has 0 aliphatic rings. The van der Waals surface area contributed by atoms with Crippen LogP contribution in [0.15, 0.2) is 0 Å². The van der Waals surface area contributed by atoms with Crippen LogP contribution < -0.4 is 5.73 Å². The van der Waals surface area contributed by atoms with Gasteiger partial charge in [0.05, 0.1) is 0 Å². The first-order valence-electron chi connectivity index (χ1n) is 6.57. The lowest BCUT2D eigenvalue weighted by Gasteiger charge is -2.28. The minimum atomic E-state index is 0.218. The van der Waals surface area contributed by atoms with Crippen LogP contribution in [-0.4, -0.2) is 69.8 Å². The monoisotopic (exact) mass is 245 g/mol. The Bertz CT molecular complexity index is 174. The third kappa shape index (κ3) is 10.7. The number of hydrogen-bond acceptors (Lipinski definition) is 4. The first kappa shape index (κ1) is 16.8. The number of likely N-dealkylation sites (N-methyl/N-ethyl adjacent to an activating group) is 1. The molecule has 1 atom stereocenters. The molecule has 4 heteroatoms. The summed E-state index contributed by atoms with van der Waals surface area (Å²) in [5.41, 5.74) is 6.11. The Balaban J connectivity index is 3.98. The highest BCUT2D eigenvalue weighted by atomic mass is 16.5. The van der Waals surface area contributed by atoms with Gasteiger partial charge in [-0.05, 0) is 26.4 Å². The molecular formula is C13H31N3O. The number of rotatable bonds is 10. The van der Waals surface area contributed by atoms with Crippen molar-refractivity contribution in [2.75, 3.05) is 54.0 Å². The molecule has 0 aliphatic carbocycles. The summed E-state index contributed by atoms with van der Waals surface area (Å²) in [7, 11) is 5.95. The highest BCUT2D eigenvalue weighted by molar-refractivity contribution is 4.70. The molecule has 0 amide bonds. The molecule has 4 nitrogen and oxygen atoms in total. The Hall–Kier alpha value is -0.160. The second kappa shape index (κ2) is 9.83. The molecule has 0 aromatic carbocycles. The van der Waals surface area contributed by atoms with Crippen molar-refractivity contribution in [3.8, 4) is 0 Å². The molecule has 0 rings (SSSR count). The second-order valence-corrected chi connectivity index (χ2v) is 5.50. The van der Waals surface area contributed by atoms with E-state index < -0.39 is 0 Å². The maximum absolute atomic E-state index is 6.11. The van der Waals surface area contributed by atoms with E-state index in [1.807, 2.05) is 0 Å². The van der Waals surface area contributed by atoms with Crippen LogP contribution in [0.1, 0.15) is 20.3 Å². The van der Waals surface area contributed by atoms with E-state index in [0.717, 1.165) is 39.2 Å². The highest BCUT2D eigenvalue weighted by Crippen LogP contribution is 2.01. The molecule has 0 heterocycles. The third-order valence-electron chi connectivity index (χ3n) is 2.67. The number of nitrogens with zero attached hydrogens (tertiary/aromatic N) is 2. The van der Waals surface area contributed by atoms with Crippen molar-refractivity contribution in [3.63, 3.8) is 0 Å². The molecule has 0 aromatic heterocycles. The summed E-state index contributed by atoms with van der Waals surface area (Å²) in [4.78, 5) is 4.68. The maximum atomic E-state index is 6.11. The molecule has 17 heavy (non-hydrogen) atoms. The molecule has 0 aromatic rings. The van der Waals surface area contributed by atoms with E-state index >= 15 is 0 Å². The lowest BCUT2D eigenvalue weighted by Crippen LogP contribution is -2.42. The molecule has 0 saturated heterocycles. The fourth-order valence-electron chi connectivity index (χ4n) is 1.81. The van der Waals surface area contributed by atoms with Crippen molar-refractivity contribution >= 4 is 0 Å². The molecule has 0 aliphatic heterocycles. The lowest BCUT2D eigenvalue weighted by molar-refractivity contribution is 0.166. The minimum absolute atomic E-state index is 0.218. The summed E-state index contributed by atoms with van der Waals surface area (Å²) in [6.07, 6.45) is 0.938. The van der Waals surface area contributed by atoms with E-state index in [1.54, 1.807) is 7.11 Å². The first-order chi connectivity index (χ1) is 7.95. The molecule has 0 bridgehead atoms. The minimum Gasteiger partial charge on any atom is -0.385 e. The quantitative estimate of drug-likeness (QED) is 0.620. The van der Waals surface area contributed by atoms with Crippen LogP contribution in [-0.2, 0) is 4.74 Å². The summed E-state index contributed by atoms with van der Waals surface area (Å²) >= 11 is 0. The van der Waals surface area contributed by atoms with Crippen LogP contribution in [0.5, 0.6) is 0 Å². The van der Waals surface area contributed by atoms with Crippen LogP contribution in [0, 0.1) is 5.92 Å². The number of nitrogens with two attached hydrogens (primary N) is 1. The van der Waals surface area contributed by atoms with Crippen molar-refractivity contribution in [1.29, 1.82) is 0 Å². The van der Waals surface area contributed by atoms with Crippen molar-refractivity contribution in [3.05, 3.63) is 0 Å². The van der Waals surface area contributed by atoms with Gasteiger partial charge in [-0.1, -0.05) is 13.8 Å². The van der Waals surface area contributed by atoms with Gasteiger partial charge in [0, 0.05) is 45.9 Å². The van der Waals surface area contributed by atoms with Gasteiger partial charge in [-0.3, -0.25) is 0 Å². The van der Waals surface area contributed by atoms with Gasteiger partial charge in [0.2, 0.25) is 0 Å². The number of hydrogen-bond donors (Lipinski definition) is 1. The first-order valence-corrected chi connectivity index (χ1v) is 6.57. The van der Waals surface area contributed by atoms with E-state index in [9.17, 15) is 0 Å². The SMILES string of the molecule is COCCC(N)CN(CCN(C)C)CC(C)C. The summed E-state index contributed by atoms with van der Waals surface area (Å²) in [5, 5.41) is 0. The number of methoxy groups -OCH3 is 1. The van der Waals surface area contributed by atoms with Gasteiger partial charge in [-0.25, -0.2) is 0 Å². The van der Waals surface area contributed by atoms with Crippen molar-refractivity contribution in [1.82, 2.24) is 9.80 Å². The predicted octanol–water partition coefficient (Wildman–Crippen LogP) is 0.870. The Morgan fingerprint density at radius 1 is 1.12 bits per heavy atom. The van der Waals surface area contributed by atoms with Crippen molar-refractivity contribution in [2.24, 2.45) is 11.7 Å². The highest BCUT2D eigenvalue weighted by Gasteiger charge is 2.12. The topological polar surface area (TPSA) is 41.7 Å². The Morgan fingerprint density at radius 2 is 1.76 bits per heavy atom. The summed E-state index contributed by atoms with van der Waals surface area (Å²) in [6.45, 7) is 9.52. The normalized spacial score (nSPS) is 13.9. The zero-order valence-corrected chi connectivity index (χ0v) is 12.3. The molecule has 0 fully saturated rings. The molecule has 0 spiro atoms. The maximum Gasteiger partial charge on any atom is 0.0477 e. The molecule has 1 unspecified atom stereocenters.